The molecule has 0 spiro atoms. The fourth-order valence-electron chi connectivity index (χ4n) is 2.18. The number of amides is 1. The van der Waals surface area contributed by atoms with Crippen molar-refractivity contribution in [2.75, 3.05) is 19.7 Å². The number of carbonyl (C=O) groups excluding carboxylic acids is 1. The molecule has 5 nitrogen and oxygen atoms in total. The van der Waals surface area contributed by atoms with Crippen molar-refractivity contribution in [3.63, 3.8) is 0 Å². The molecule has 1 aliphatic rings. The van der Waals surface area contributed by atoms with Gasteiger partial charge in [0.15, 0.2) is 0 Å². The van der Waals surface area contributed by atoms with Crippen molar-refractivity contribution in [2.24, 2.45) is 5.92 Å². The maximum Gasteiger partial charge on any atom is 0.272 e. The molecule has 0 saturated carbocycles. The van der Waals surface area contributed by atoms with Crippen molar-refractivity contribution in [2.45, 2.75) is 12.8 Å². The molecule has 0 aromatic carbocycles. The molecule has 1 unspecified atom stereocenters. The molecule has 94 valence electrons. The van der Waals surface area contributed by atoms with Gasteiger partial charge in [-0.3, -0.25) is 4.79 Å². The van der Waals surface area contributed by atoms with Crippen LogP contribution in [-0.2, 0) is 0 Å². The van der Waals surface area contributed by atoms with E-state index in [0.29, 0.717) is 30.3 Å². The number of rotatable bonds is 3. The lowest BCUT2D eigenvalue weighted by molar-refractivity contribution is 0.0779. The van der Waals surface area contributed by atoms with Crippen molar-refractivity contribution in [1.82, 2.24) is 9.88 Å². The fraction of sp³-hybridized carbons (Fsp3) is 0.462. The summed E-state index contributed by atoms with van der Waals surface area (Å²) in [6, 6.07) is 5.15. The normalized spacial score (nSPS) is 18.7. The van der Waals surface area contributed by atoms with Crippen LogP contribution in [0, 0.1) is 17.2 Å². The van der Waals surface area contributed by atoms with Crippen molar-refractivity contribution in [1.29, 1.82) is 5.26 Å². The van der Waals surface area contributed by atoms with Gasteiger partial charge in [-0.15, -0.1) is 0 Å². The number of likely N-dealkylation sites (tertiary alicyclic amines) is 1. The lowest BCUT2D eigenvalue weighted by Crippen LogP contribution is -2.29. The van der Waals surface area contributed by atoms with Gasteiger partial charge in [-0.2, -0.15) is 5.26 Å². The van der Waals surface area contributed by atoms with Crippen molar-refractivity contribution >= 4 is 5.91 Å². The highest BCUT2D eigenvalue weighted by atomic mass is 16.3. The van der Waals surface area contributed by atoms with E-state index in [0.717, 1.165) is 12.8 Å². The maximum absolute atomic E-state index is 12.1. The predicted molar refractivity (Wildman–Crippen MR) is 64.7 cm³/mol. The minimum atomic E-state index is -0.0973. The van der Waals surface area contributed by atoms with E-state index in [-0.39, 0.29) is 12.5 Å². The van der Waals surface area contributed by atoms with Crippen LogP contribution in [0.25, 0.3) is 0 Å². The molecule has 1 fully saturated rings. The average molecular weight is 245 g/mol. The quantitative estimate of drug-likeness (QED) is 0.854. The molecule has 1 aliphatic heterocycles. The van der Waals surface area contributed by atoms with Crippen LogP contribution >= 0.6 is 0 Å². The van der Waals surface area contributed by atoms with Gasteiger partial charge in [0.05, 0.1) is 5.56 Å². The van der Waals surface area contributed by atoms with Crippen LogP contribution < -0.4 is 0 Å². The highest BCUT2D eigenvalue weighted by Gasteiger charge is 2.26. The van der Waals surface area contributed by atoms with Crippen molar-refractivity contribution < 1.29 is 9.90 Å². The first-order chi connectivity index (χ1) is 8.74. The SMILES string of the molecule is N#Cc1ccc(C(=O)N2CCC(CCO)C2)nc1. The Morgan fingerprint density at radius 1 is 1.61 bits per heavy atom. The highest BCUT2D eigenvalue weighted by molar-refractivity contribution is 5.92. The molecule has 5 heteroatoms. The summed E-state index contributed by atoms with van der Waals surface area (Å²) in [5.74, 6) is 0.289. The molecule has 1 atom stereocenters. The van der Waals surface area contributed by atoms with Crippen LogP contribution in [0.3, 0.4) is 0 Å². The van der Waals surface area contributed by atoms with Crippen molar-refractivity contribution in [3.05, 3.63) is 29.6 Å². The molecule has 2 rings (SSSR count). The number of pyridine rings is 1. The molecule has 1 N–H and O–H groups in total. The lowest BCUT2D eigenvalue weighted by atomic mass is 10.1. The van der Waals surface area contributed by atoms with E-state index in [2.05, 4.69) is 4.98 Å². The fourth-order valence-corrected chi connectivity index (χ4v) is 2.18. The first-order valence-corrected chi connectivity index (χ1v) is 6.01. The van der Waals surface area contributed by atoms with E-state index < -0.39 is 0 Å². The van der Waals surface area contributed by atoms with Crippen molar-refractivity contribution in [3.8, 4) is 6.07 Å². The van der Waals surface area contributed by atoms with E-state index >= 15 is 0 Å². The summed E-state index contributed by atoms with van der Waals surface area (Å²) < 4.78 is 0. The minimum Gasteiger partial charge on any atom is -0.396 e. The number of hydrogen-bond donors (Lipinski definition) is 1. The number of aromatic nitrogens is 1. The summed E-state index contributed by atoms with van der Waals surface area (Å²) >= 11 is 0. The third-order valence-corrected chi connectivity index (χ3v) is 3.22. The van der Waals surface area contributed by atoms with E-state index in [1.54, 1.807) is 17.0 Å². The zero-order chi connectivity index (χ0) is 13.0. The molecular weight excluding hydrogens is 230 g/mol. The number of hydrogen-bond acceptors (Lipinski definition) is 4. The van der Waals surface area contributed by atoms with Gasteiger partial charge in [0.2, 0.25) is 0 Å². The Balaban J connectivity index is 2.01. The summed E-state index contributed by atoms with van der Waals surface area (Å²) in [5.41, 5.74) is 0.824. The molecule has 0 aliphatic carbocycles. The largest absolute Gasteiger partial charge is 0.396 e. The zero-order valence-corrected chi connectivity index (χ0v) is 10.0. The third-order valence-electron chi connectivity index (χ3n) is 3.22. The van der Waals surface area contributed by atoms with Crippen LogP contribution in [-0.4, -0.2) is 40.6 Å². The molecule has 1 aromatic rings. The second kappa shape index (κ2) is 5.61. The van der Waals surface area contributed by atoms with Gasteiger partial charge < -0.3 is 10.0 Å². The van der Waals surface area contributed by atoms with Crippen LogP contribution in [0.1, 0.15) is 28.9 Å². The number of aliphatic hydroxyl groups excluding tert-OH is 1. The lowest BCUT2D eigenvalue weighted by Gasteiger charge is -2.15. The van der Waals surface area contributed by atoms with E-state index in [1.807, 2.05) is 6.07 Å². The summed E-state index contributed by atoms with van der Waals surface area (Å²) in [7, 11) is 0. The smallest absolute Gasteiger partial charge is 0.272 e. The van der Waals surface area contributed by atoms with Gasteiger partial charge in [0, 0.05) is 25.9 Å². The second-order valence-corrected chi connectivity index (χ2v) is 4.46. The summed E-state index contributed by atoms with van der Waals surface area (Å²) in [4.78, 5) is 17.9. The Morgan fingerprint density at radius 3 is 3.06 bits per heavy atom. The average Bonchev–Trinajstić information content (AvgIpc) is 2.87. The Morgan fingerprint density at radius 2 is 2.44 bits per heavy atom. The predicted octanol–water partition coefficient (Wildman–Crippen LogP) is 0.798. The minimum absolute atomic E-state index is 0.0973. The second-order valence-electron chi connectivity index (χ2n) is 4.46. The first kappa shape index (κ1) is 12.5. The Kier molecular flexibility index (Phi) is 3.90. The summed E-state index contributed by atoms with van der Waals surface area (Å²) in [5, 5.41) is 17.5. The zero-order valence-electron chi connectivity index (χ0n) is 10.0. The van der Waals surface area contributed by atoms with E-state index in [9.17, 15) is 4.79 Å². The molecule has 2 heterocycles. The van der Waals surface area contributed by atoms with Crippen LogP contribution in [0.15, 0.2) is 18.3 Å². The third kappa shape index (κ3) is 2.66. The first-order valence-electron chi connectivity index (χ1n) is 6.01. The van der Waals surface area contributed by atoms with Crippen LogP contribution in [0.4, 0.5) is 0 Å². The summed E-state index contributed by atoms with van der Waals surface area (Å²) in [6.07, 6.45) is 3.08. The Hall–Kier alpha value is -1.93. The molecule has 1 amide bonds. The van der Waals surface area contributed by atoms with E-state index in [1.165, 1.54) is 6.20 Å². The number of nitrogens with zero attached hydrogens (tertiary/aromatic N) is 3. The number of carbonyl (C=O) groups is 1. The molecular formula is C13H15N3O2. The maximum atomic E-state index is 12.1. The molecule has 18 heavy (non-hydrogen) atoms. The van der Waals surface area contributed by atoms with Crippen LogP contribution in [0.5, 0.6) is 0 Å². The number of nitriles is 1. The topological polar surface area (TPSA) is 77.2 Å². The standard InChI is InChI=1S/C13H15N3O2/c14-7-11-1-2-12(15-8-11)13(18)16-5-3-10(9-16)4-6-17/h1-2,8,10,17H,3-6,9H2. The highest BCUT2D eigenvalue weighted by Crippen LogP contribution is 2.20. The summed E-state index contributed by atoms with van der Waals surface area (Å²) in [6.45, 7) is 1.56. The molecule has 0 radical (unpaired) electrons. The van der Waals surface area contributed by atoms with Crippen LogP contribution in [0.2, 0.25) is 0 Å². The van der Waals surface area contributed by atoms with Gasteiger partial charge in [-0.25, -0.2) is 4.98 Å². The molecule has 1 aromatic heterocycles. The Bertz CT molecular complexity index is 464. The van der Waals surface area contributed by atoms with Gasteiger partial charge >= 0.3 is 0 Å². The molecule has 0 bridgehead atoms. The Labute approximate surface area is 106 Å². The van der Waals surface area contributed by atoms with Gasteiger partial charge in [0.25, 0.3) is 5.91 Å². The van der Waals surface area contributed by atoms with Gasteiger partial charge in [-0.1, -0.05) is 0 Å². The van der Waals surface area contributed by atoms with E-state index in [4.69, 9.17) is 10.4 Å². The van der Waals surface area contributed by atoms with Gasteiger partial charge in [0.1, 0.15) is 11.8 Å². The monoisotopic (exact) mass is 245 g/mol. The number of aliphatic hydroxyl groups is 1. The molecule has 1 saturated heterocycles. The van der Waals surface area contributed by atoms with Gasteiger partial charge in [-0.05, 0) is 30.9 Å².